The van der Waals surface area contributed by atoms with Crippen LogP contribution in [0.1, 0.15) is 57.5 Å². The maximum atomic E-state index is 13.0. The van der Waals surface area contributed by atoms with Gasteiger partial charge in [-0.3, -0.25) is 24.0 Å². The SMILES string of the molecule is CC(=O)OC[C@@H]1O[C@H](Oc2ccc(C(=O)Cc3ccc(OC(C)C)cc3)c(O)c2)[C@H](OC(C)=O)[C@@H](OC(C)=O)[C@H]1OC(C)=O. The number of ketones is 1. The highest BCUT2D eigenvalue weighted by Crippen LogP contribution is 2.33. The summed E-state index contributed by atoms with van der Waals surface area (Å²) in [6.45, 7) is 7.85. The first-order valence-electron chi connectivity index (χ1n) is 13.8. The molecule has 13 heteroatoms. The molecule has 1 fully saturated rings. The van der Waals surface area contributed by atoms with Crippen molar-refractivity contribution >= 4 is 29.7 Å². The molecule has 3 rings (SSSR count). The lowest BCUT2D eigenvalue weighted by Gasteiger charge is -2.43. The van der Waals surface area contributed by atoms with Gasteiger partial charge in [0.15, 0.2) is 18.0 Å². The summed E-state index contributed by atoms with van der Waals surface area (Å²) in [6, 6.07) is 10.9. The summed E-state index contributed by atoms with van der Waals surface area (Å²) >= 11 is 0. The molecular formula is C31H36O13. The number of carbonyl (C=O) groups is 5. The fourth-order valence-corrected chi connectivity index (χ4v) is 4.48. The highest BCUT2D eigenvalue weighted by molar-refractivity contribution is 6.00. The van der Waals surface area contributed by atoms with Crippen molar-refractivity contribution in [2.75, 3.05) is 6.61 Å². The second-order valence-electron chi connectivity index (χ2n) is 10.3. The van der Waals surface area contributed by atoms with E-state index < -0.39 is 66.9 Å². The van der Waals surface area contributed by atoms with Gasteiger partial charge in [0.1, 0.15) is 30.0 Å². The minimum atomic E-state index is -1.50. The van der Waals surface area contributed by atoms with E-state index in [0.717, 1.165) is 27.7 Å². The monoisotopic (exact) mass is 616 g/mol. The number of rotatable bonds is 12. The fraction of sp³-hybridized carbons (Fsp3) is 0.452. The summed E-state index contributed by atoms with van der Waals surface area (Å²) in [5.41, 5.74) is 0.740. The molecule has 13 nitrogen and oxygen atoms in total. The second kappa shape index (κ2) is 15.2. The minimum Gasteiger partial charge on any atom is -0.507 e. The van der Waals surface area contributed by atoms with Crippen molar-refractivity contribution in [1.29, 1.82) is 0 Å². The van der Waals surface area contributed by atoms with Crippen LogP contribution < -0.4 is 9.47 Å². The molecule has 0 aliphatic carbocycles. The van der Waals surface area contributed by atoms with Gasteiger partial charge in [-0.25, -0.2) is 0 Å². The highest BCUT2D eigenvalue weighted by atomic mass is 16.7. The molecule has 1 saturated heterocycles. The second-order valence-corrected chi connectivity index (χ2v) is 10.3. The van der Waals surface area contributed by atoms with Gasteiger partial charge in [-0.2, -0.15) is 0 Å². The number of ether oxygens (including phenoxy) is 7. The Morgan fingerprint density at radius 3 is 1.89 bits per heavy atom. The van der Waals surface area contributed by atoms with E-state index in [9.17, 15) is 29.1 Å². The van der Waals surface area contributed by atoms with Gasteiger partial charge in [0.25, 0.3) is 0 Å². The van der Waals surface area contributed by atoms with Crippen LogP contribution in [0.4, 0.5) is 0 Å². The summed E-state index contributed by atoms with van der Waals surface area (Å²) in [7, 11) is 0. The molecule has 0 bridgehead atoms. The number of benzene rings is 2. The molecule has 0 amide bonds. The standard InChI is InChI=1S/C31H36O13/c1-16(2)39-22-9-7-21(8-10-22)13-25(36)24-12-11-23(14-26(24)37)43-31-30(42-20(6)35)29(41-19(5)34)28(40-18(4)33)27(44-31)15-38-17(3)32/h7-12,14,16,27-31,37H,13,15H2,1-6H3/t27-,28-,29-,30+,31-/m0/s1. The summed E-state index contributed by atoms with van der Waals surface area (Å²) in [4.78, 5) is 60.4. The Balaban J connectivity index is 1.86. The first-order chi connectivity index (χ1) is 20.7. The molecule has 1 N–H and O–H groups in total. The third-order valence-corrected chi connectivity index (χ3v) is 6.13. The Bertz CT molecular complexity index is 1350. The summed E-state index contributed by atoms with van der Waals surface area (Å²) in [5, 5.41) is 10.7. The van der Waals surface area contributed by atoms with Crippen LogP contribution in [0.2, 0.25) is 0 Å². The van der Waals surface area contributed by atoms with Crippen LogP contribution in [0.15, 0.2) is 42.5 Å². The molecule has 0 aromatic heterocycles. The number of carbonyl (C=O) groups excluding carboxylic acids is 5. The summed E-state index contributed by atoms with van der Waals surface area (Å²) < 4.78 is 38.6. The smallest absolute Gasteiger partial charge is 0.303 e. The van der Waals surface area contributed by atoms with Gasteiger partial charge >= 0.3 is 23.9 Å². The van der Waals surface area contributed by atoms with E-state index in [-0.39, 0.29) is 29.6 Å². The van der Waals surface area contributed by atoms with E-state index in [1.165, 1.54) is 18.2 Å². The molecule has 238 valence electrons. The number of esters is 4. The predicted molar refractivity (Wildman–Crippen MR) is 151 cm³/mol. The summed E-state index contributed by atoms with van der Waals surface area (Å²) in [6.07, 6.45) is -6.92. The van der Waals surface area contributed by atoms with Gasteiger partial charge in [-0.15, -0.1) is 0 Å². The van der Waals surface area contributed by atoms with Crippen molar-refractivity contribution in [2.24, 2.45) is 0 Å². The molecule has 1 aliphatic heterocycles. The maximum absolute atomic E-state index is 13.0. The van der Waals surface area contributed by atoms with Gasteiger partial charge in [0.05, 0.1) is 11.7 Å². The van der Waals surface area contributed by atoms with Crippen LogP contribution in [-0.2, 0) is 49.3 Å². The molecule has 2 aromatic rings. The van der Waals surface area contributed by atoms with E-state index >= 15 is 0 Å². The fourth-order valence-electron chi connectivity index (χ4n) is 4.48. The van der Waals surface area contributed by atoms with Crippen molar-refractivity contribution in [3.63, 3.8) is 0 Å². The lowest BCUT2D eigenvalue weighted by molar-refractivity contribution is -0.288. The Morgan fingerprint density at radius 2 is 1.34 bits per heavy atom. The molecule has 0 radical (unpaired) electrons. The molecule has 44 heavy (non-hydrogen) atoms. The molecular weight excluding hydrogens is 580 g/mol. The lowest BCUT2D eigenvalue weighted by Crippen LogP contribution is -2.63. The third kappa shape index (κ3) is 9.69. The van der Waals surface area contributed by atoms with Crippen LogP contribution in [0.5, 0.6) is 17.2 Å². The van der Waals surface area contributed by atoms with Gasteiger partial charge in [0.2, 0.25) is 12.4 Å². The number of Topliss-reactive ketones (excluding diaryl/α,β-unsaturated/α-hetero) is 1. The van der Waals surface area contributed by atoms with Crippen molar-refractivity contribution in [3.8, 4) is 17.2 Å². The third-order valence-electron chi connectivity index (χ3n) is 6.13. The van der Waals surface area contributed by atoms with Crippen molar-refractivity contribution in [1.82, 2.24) is 0 Å². The van der Waals surface area contributed by atoms with E-state index in [1.54, 1.807) is 24.3 Å². The number of aromatic hydroxyl groups is 1. The van der Waals surface area contributed by atoms with Gasteiger partial charge < -0.3 is 38.3 Å². The average molecular weight is 617 g/mol. The van der Waals surface area contributed by atoms with E-state index in [1.807, 2.05) is 13.8 Å². The van der Waals surface area contributed by atoms with Crippen LogP contribution >= 0.6 is 0 Å². The van der Waals surface area contributed by atoms with E-state index in [2.05, 4.69) is 0 Å². The average Bonchev–Trinajstić information content (AvgIpc) is 2.91. The van der Waals surface area contributed by atoms with Crippen LogP contribution in [-0.4, -0.2) is 78.2 Å². The molecule has 5 atom stereocenters. The molecule has 2 aromatic carbocycles. The topological polar surface area (TPSA) is 170 Å². The van der Waals surface area contributed by atoms with Crippen LogP contribution in [0, 0.1) is 0 Å². The van der Waals surface area contributed by atoms with Gasteiger partial charge in [0, 0.05) is 40.2 Å². The first kappa shape index (κ1) is 33.8. The number of hydrogen-bond donors (Lipinski definition) is 1. The quantitative estimate of drug-likeness (QED) is 0.210. The Labute approximate surface area is 254 Å². The normalized spacial score (nSPS) is 21.1. The van der Waals surface area contributed by atoms with Gasteiger partial charge in [-0.05, 0) is 43.7 Å². The Hall–Kier alpha value is -4.65. The van der Waals surface area contributed by atoms with Crippen molar-refractivity contribution < 1.29 is 62.2 Å². The van der Waals surface area contributed by atoms with Gasteiger partial charge in [-0.1, -0.05) is 12.1 Å². The Kier molecular flexibility index (Phi) is 11.7. The zero-order valence-corrected chi connectivity index (χ0v) is 25.3. The molecule has 0 spiro atoms. The first-order valence-corrected chi connectivity index (χ1v) is 13.8. The zero-order valence-electron chi connectivity index (χ0n) is 25.3. The van der Waals surface area contributed by atoms with E-state index in [4.69, 9.17) is 33.2 Å². The lowest BCUT2D eigenvalue weighted by atomic mass is 9.98. The number of hydrogen-bond acceptors (Lipinski definition) is 13. The summed E-state index contributed by atoms with van der Waals surface area (Å²) in [5.74, 6) is -3.11. The maximum Gasteiger partial charge on any atom is 0.303 e. The van der Waals surface area contributed by atoms with Crippen molar-refractivity contribution in [3.05, 3.63) is 53.6 Å². The zero-order chi connectivity index (χ0) is 32.6. The number of phenolic OH excluding ortho intramolecular Hbond substituents is 1. The minimum absolute atomic E-state index is 0.00450. The van der Waals surface area contributed by atoms with Crippen LogP contribution in [0.25, 0.3) is 0 Å². The molecule has 1 heterocycles. The highest BCUT2D eigenvalue weighted by Gasteiger charge is 2.53. The largest absolute Gasteiger partial charge is 0.507 e. The Morgan fingerprint density at radius 1 is 0.773 bits per heavy atom. The van der Waals surface area contributed by atoms with Crippen LogP contribution in [0.3, 0.4) is 0 Å². The molecule has 1 aliphatic rings. The van der Waals surface area contributed by atoms with Crippen molar-refractivity contribution in [2.45, 2.75) is 84.8 Å². The number of phenols is 1. The van der Waals surface area contributed by atoms with E-state index in [0.29, 0.717) is 11.3 Å². The molecule has 0 unspecified atom stereocenters. The predicted octanol–water partition coefficient (Wildman–Crippen LogP) is 3.07. The molecule has 0 saturated carbocycles.